The minimum atomic E-state index is 0.196. The molecule has 0 aliphatic carbocycles. The van der Waals surface area contributed by atoms with Gasteiger partial charge in [0.15, 0.2) is 5.84 Å². The molecule has 0 aromatic heterocycles. The van der Waals surface area contributed by atoms with E-state index in [0.29, 0.717) is 6.04 Å². The highest BCUT2D eigenvalue weighted by molar-refractivity contribution is 7.98. The number of hydrogen-bond acceptors (Lipinski definition) is 4. The Bertz CT molecular complexity index is 476. The van der Waals surface area contributed by atoms with Crippen molar-refractivity contribution in [2.24, 2.45) is 10.9 Å². The van der Waals surface area contributed by atoms with Gasteiger partial charge in [0.25, 0.3) is 0 Å². The summed E-state index contributed by atoms with van der Waals surface area (Å²) in [5.74, 6) is 0.196. The largest absolute Gasteiger partial charge is 0.409 e. The lowest BCUT2D eigenvalue weighted by Crippen LogP contribution is -2.31. The summed E-state index contributed by atoms with van der Waals surface area (Å²) in [7, 11) is 0. The van der Waals surface area contributed by atoms with Gasteiger partial charge in [-0.15, -0.1) is 11.8 Å². The molecule has 1 heterocycles. The van der Waals surface area contributed by atoms with Crippen molar-refractivity contribution in [3.05, 3.63) is 23.8 Å². The molecule has 0 radical (unpaired) electrons. The van der Waals surface area contributed by atoms with Crippen LogP contribution in [0, 0.1) is 0 Å². The molecule has 1 aromatic rings. The van der Waals surface area contributed by atoms with Gasteiger partial charge in [0.1, 0.15) is 0 Å². The summed E-state index contributed by atoms with van der Waals surface area (Å²) < 4.78 is 0. The third kappa shape index (κ3) is 2.66. The van der Waals surface area contributed by atoms with Crippen molar-refractivity contribution in [1.29, 1.82) is 0 Å². The van der Waals surface area contributed by atoms with Gasteiger partial charge in [0, 0.05) is 23.2 Å². The van der Waals surface area contributed by atoms with Crippen LogP contribution >= 0.6 is 11.8 Å². The zero-order chi connectivity index (χ0) is 13.8. The molecule has 104 valence electrons. The Morgan fingerprint density at radius 1 is 1.58 bits per heavy atom. The van der Waals surface area contributed by atoms with Crippen molar-refractivity contribution in [2.75, 3.05) is 17.7 Å². The van der Waals surface area contributed by atoms with Crippen molar-refractivity contribution in [3.63, 3.8) is 0 Å². The molecular weight excluding hydrogens is 258 g/mol. The zero-order valence-electron chi connectivity index (χ0n) is 11.5. The maximum Gasteiger partial charge on any atom is 0.173 e. The number of amidine groups is 1. The monoisotopic (exact) mass is 279 g/mol. The van der Waals surface area contributed by atoms with Crippen LogP contribution in [0.4, 0.5) is 5.69 Å². The van der Waals surface area contributed by atoms with E-state index in [2.05, 4.69) is 23.0 Å². The predicted octanol–water partition coefficient (Wildman–Crippen LogP) is 2.88. The smallest absolute Gasteiger partial charge is 0.173 e. The fraction of sp³-hybridized carbons (Fsp3) is 0.500. The Morgan fingerprint density at radius 3 is 3.00 bits per heavy atom. The highest BCUT2D eigenvalue weighted by Gasteiger charge is 2.26. The standard InChI is InChI=1S/C14H21N3OS/c1-3-10-6-5-9-17(10)11-7-4-8-12(19-2)13(11)14(15)16-18/h4,7-8,10,18H,3,5-6,9H2,1-2H3,(H2,15,16). The van der Waals surface area contributed by atoms with Crippen LogP contribution in [0.25, 0.3) is 0 Å². The van der Waals surface area contributed by atoms with E-state index in [9.17, 15) is 0 Å². The van der Waals surface area contributed by atoms with Gasteiger partial charge in [0.05, 0.1) is 5.56 Å². The SMILES string of the molecule is CCC1CCCN1c1cccc(SC)c1/C(N)=N/O. The molecule has 5 heteroatoms. The molecule has 0 saturated carbocycles. The van der Waals surface area contributed by atoms with Crippen LogP contribution in [0.3, 0.4) is 0 Å². The molecule has 4 nitrogen and oxygen atoms in total. The first-order chi connectivity index (χ1) is 9.22. The third-order valence-corrected chi connectivity index (χ3v) is 4.53. The second kappa shape index (κ2) is 6.19. The van der Waals surface area contributed by atoms with Gasteiger partial charge in [-0.05, 0) is 37.7 Å². The minimum Gasteiger partial charge on any atom is -0.409 e. The van der Waals surface area contributed by atoms with E-state index in [-0.39, 0.29) is 5.84 Å². The van der Waals surface area contributed by atoms with Crippen LogP contribution in [-0.4, -0.2) is 29.9 Å². The summed E-state index contributed by atoms with van der Waals surface area (Å²) in [4.78, 5) is 3.45. The van der Waals surface area contributed by atoms with Gasteiger partial charge in [0.2, 0.25) is 0 Å². The minimum absolute atomic E-state index is 0.196. The number of thioether (sulfide) groups is 1. The quantitative estimate of drug-likeness (QED) is 0.292. The second-order valence-electron chi connectivity index (χ2n) is 4.74. The van der Waals surface area contributed by atoms with Gasteiger partial charge in [-0.25, -0.2) is 0 Å². The fourth-order valence-electron chi connectivity index (χ4n) is 2.81. The molecule has 19 heavy (non-hydrogen) atoms. The highest BCUT2D eigenvalue weighted by Crippen LogP contribution is 2.34. The molecule has 1 atom stereocenters. The lowest BCUT2D eigenvalue weighted by Gasteiger charge is -2.28. The first kappa shape index (κ1) is 14.1. The van der Waals surface area contributed by atoms with Crippen molar-refractivity contribution >= 4 is 23.3 Å². The third-order valence-electron chi connectivity index (χ3n) is 3.75. The average Bonchev–Trinajstić information content (AvgIpc) is 2.93. The Kier molecular flexibility index (Phi) is 4.58. The van der Waals surface area contributed by atoms with Crippen LogP contribution in [0.5, 0.6) is 0 Å². The van der Waals surface area contributed by atoms with Crippen LogP contribution in [0.1, 0.15) is 31.7 Å². The molecule has 1 aliphatic rings. The number of nitrogens with two attached hydrogens (primary N) is 1. The summed E-state index contributed by atoms with van der Waals surface area (Å²) in [6, 6.07) is 6.68. The van der Waals surface area contributed by atoms with E-state index in [1.807, 2.05) is 18.4 Å². The summed E-state index contributed by atoms with van der Waals surface area (Å²) >= 11 is 1.62. The van der Waals surface area contributed by atoms with E-state index in [4.69, 9.17) is 10.9 Å². The molecule has 1 fully saturated rings. The van der Waals surface area contributed by atoms with Crippen LogP contribution in [0.2, 0.25) is 0 Å². The second-order valence-corrected chi connectivity index (χ2v) is 5.59. The van der Waals surface area contributed by atoms with Gasteiger partial charge < -0.3 is 15.8 Å². The first-order valence-corrected chi connectivity index (χ1v) is 7.87. The highest BCUT2D eigenvalue weighted by atomic mass is 32.2. The lowest BCUT2D eigenvalue weighted by atomic mass is 10.1. The maximum atomic E-state index is 9.03. The lowest BCUT2D eigenvalue weighted by molar-refractivity contribution is 0.318. The van der Waals surface area contributed by atoms with Gasteiger partial charge in [-0.1, -0.05) is 18.1 Å². The van der Waals surface area contributed by atoms with Crippen LogP contribution in [-0.2, 0) is 0 Å². The molecule has 1 unspecified atom stereocenters. The van der Waals surface area contributed by atoms with E-state index >= 15 is 0 Å². The van der Waals surface area contributed by atoms with Gasteiger partial charge in [-0.3, -0.25) is 0 Å². The predicted molar refractivity (Wildman–Crippen MR) is 81.4 cm³/mol. The Balaban J connectivity index is 2.50. The molecule has 0 spiro atoms. The van der Waals surface area contributed by atoms with Gasteiger partial charge in [-0.2, -0.15) is 0 Å². The molecule has 0 amide bonds. The molecular formula is C14H21N3OS. The summed E-state index contributed by atoms with van der Waals surface area (Å²) in [6.45, 7) is 3.26. The average molecular weight is 279 g/mol. The molecule has 1 aliphatic heterocycles. The van der Waals surface area contributed by atoms with Crippen molar-refractivity contribution in [1.82, 2.24) is 0 Å². The number of anilines is 1. The maximum absolute atomic E-state index is 9.03. The van der Waals surface area contributed by atoms with E-state index in [0.717, 1.165) is 29.1 Å². The Labute approximate surface area is 118 Å². The number of nitrogens with zero attached hydrogens (tertiary/aromatic N) is 2. The van der Waals surface area contributed by atoms with Crippen LogP contribution < -0.4 is 10.6 Å². The summed E-state index contributed by atoms with van der Waals surface area (Å²) in [6.07, 6.45) is 5.56. The first-order valence-electron chi connectivity index (χ1n) is 6.64. The Morgan fingerprint density at radius 2 is 2.37 bits per heavy atom. The molecule has 1 saturated heterocycles. The molecule has 2 rings (SSSR count). The normalized spacial score (nSPS) is 20.0. The Hall–Kier alpha value is -1.36. The van der Waals surface area contributed by atoms with Crippen LogP contribution in [0.15, 0.2) is 28.3 Å². The topological polar surface area (TPSA) is 61.8 Å². The molecule has 0 bridgehead atoms. The van der Waals surface area contributed by atoms with Crippen molar-refractivity contribution < 1.29 is 5.21 Å². The van der Waals surface area contributed by atoms with Gasteiger partial charge >= 0.3 is 0 Å². The van der Waals surface area contributed by atoms with E-state index < -0.39 is 0 Å². The van der Waals surface area contributed by atoms with Crippen molar-refractivity contribution in [3.8, 4) is 0 Å². The molecule has 3 N–H and O–H groups in total. The molecule has 1 aromatic carbocycles. The fourth-order valence-corrected chi connectivity index (χ4v) is 3.44. The van der Waals surface area contributed by atoms with E-state index in [1.54, 1.807) is 11.8 Å². The number of rotatable bonds is 4. The summed E-state index contributed by atoms with van der Waals surface area (Å²) in [5.41, 5.74) is 7.83. The van der Waals surface area contributed by atoms with Crippen molar-refractivity contribution in [2.45, 2.75) is 37.1 Å². The number of hydrogen-bond donors (Lipinski definition) is 2. The summed E-state index contributed by atoms with van der Waals surface area (Å²) in [5, 5.41) is 12.2. The number of oxime groups is 1. The zero-order valence-corrected chi connectivity index (χ0v) is 12.3. The number of benzene rings is 1. The van der Waals surface area contributed by atoms with E-state index in [1.165, 1.54) is 12.8 Å².